The number of fused-ring (bicyclic) bond motifs is 2. The van der Waals surface area contributed by atoms with E-state index < -0.39 is 40.4 Å². The maximum Gasteiger partial charge on any atom is 0.246 e. The lowest BCUT2D eigenvalue weighted by Crippen LogP contribution is -2.61. The van der Waals surface area contributed by atoms with Gasteiger partial charge in [-0.2, -0.15) is 0 Å². The normalized spacial score (nSPS) is 18.9. The van der Waals surface area contributed by atoms with Crippen molar-refractivity contribution in [3.05, 3.63) is 76.3 Å². The Morgan fingerprint density at radius 2 is 1.98 bits per heavy atom. The summed E-state index contributed by atoms with van der Waals surface area (Å²) < 4.78 is 46.2. The topological polar surface area (TPSA) is 125 Å². The third kappa shape index (κ3) is 5.32. The second kappa shape index (κ2) is 12.0. The number of phenolic OH excluding ortho intramolecular Hbond substituents is 1. The molecule has 2 aliphatic rings. The number of rotatable bonds is 5. The maximum absolute atomic E-state index is 16.6. The van der Waals surface area contributed by atoms with E-state index in [9.17, 15) is 24.8 Å². The number of nitrogens with one attached hydrogen (secondary N) is 3. The van der Waals surface area contributed by atoms with Crippen LogP contribution in [0.15, 0.2) is 37.1 Å². The van der Waals surface area contributed by atoms with Crippen LogP contribution in [0, 0.1) is 29.8 Å². The van der Waals surface area contributed by atoms with Crippen molar-refractivity contribution in [1.82, 2.24) is 14.8 Å². The molecule has 0 bridgehead atoms. The molecule has 1 aromatic heterocycles. The first-order valence-electron chi connectivity index (χ1n) is 14.0. The van der Waals surface area contributed by atoms with Crippen molar-refractivity contribution in [3.63, 3.8) is 0 Å². The summed E-state index contributed by atoms with van der Waals surface area (Å²) in [4.78, 5) is 20.3. The van der Waals surface area contributed by atoms with E-state index in [4.69, 9.17) is 11.6 Å². The largest absolute Gasteiger partial charge is 0.508 e. The van der Waals surface area contributed by atoms with Gasteiger partial charge in [-0.05, 0) is 51.0 Å². The van der Waals surface area contributed by atoms with Crippen molar-refractivity contribution < 1.29 is 28.2 Å². The van der Waals surface area contributed by atoms with Crippen LogP contribution >= 0.6 is 11.6 Å². The first-order valence-corrected chi connectivity index (χ1v) is 14.4. The number of aromatic hydroxyl groups is 1. The number of carbonyl (C=O) groups excluding carboxylic acids is 1. The SMILES string of the molecule is C=CC(=O)N1CC2CCNc3c(F)c(-c4cc(O)cc(F)c4F)c(Cl)c(Nc4c(C)ccnc4C(C)O)c3C(=N)N2CC1C. The average molecular weight is 629 g/mol. The highest BCUT2D eigenvalue weighted by molar-refractivity contribution is 6.38. The zero-order valence-electron chi connectivity index (χ0n) is 24.3. The van der Waals surface area contributed by atoms with Crippen LogP contribution in [-0.4, -0.2) is 68.5 Å². The predicted molar refractivity (Wildman–Crippen MR) is 163 cm³/mol. The number of phenols is 1. The summed E-state index contributed by atoms with van der Waals surface area (Å²) in [5.74, 6) is -4.87. The summed E-state index contributed by atoms with van der Waals surface area (Å²) in [6, 6.07) is 2.49. The molecule has 3 heterocycles. The smallest absolute Gasteiger partial charge is 0.246 e. The lowest BCUT2D eigenvalue weighted by molar-refractivity contribution is -0.131. The minimum absolute atomic E-state index is 0.0116. The highest BCUT2D eigenvalue weighted by atomic mass is 35.5. The molecule has 232 valence electrons. The molecule has 3 aromatic rings. The average Bonchev–Trinajstić information content (AvgIpc) is 2.97. The number of amides is 1. The molecular formula is C31H32ClF3N6O3. The summed E-state index contributed by atoms with van der Waals surface area (Å²) in [5, 5.41) is 35.7. The number of amidine groups is 1. The van der Waals surface area contributed by atoms with Gasteiger partial charge < -0.3 is 30.6 Å². The molecular weight excluding hydrogens is 597 g/mol. The van der Waals surface area contributed by atoms with Gasteiger partial charge in [-0.3, -0.25) is 15.2 Å². The number of aromatic nitrogens is 1. The third-order valence-corrected chi connectivity index (χ3v) is 8.47. The molecule has 1 saturated heterocycles. The molecule has 2 aromatic carbocycles. The van der Waals surface area contributed by atoms with Crippen molar-refractivity contribution in [1.29, 1.82) is 5.41 Å². The Hall–Kier alpha value is -4.29. The van der Waals surface area contributed by atoms with E-state index in [0.29, 0.717) is 30.3 Å². The number of carbonyl (C=O) groups is 1. The third-order valence-electron chi connectivity index (χ3n) is 8.10. The molecule has 1 amide bonds. The van der Waals surface area contributed by atoms with Gasteiger partial charge in [-0.15, -0.1) is 0 Å². The van der Waals surface area contributed by atoms with E-state index >= 15 is 8.78 Å². The van der Waals surface area contributed by atoms with Gasteiger partial charge in [0.2, 0.25) is 5.91 Å². The van der Waals surface area contributed by atoms with Crippen LogP contribution in [0.4, 0.5) is 30.2 Å². The molecule has 0 aliphatic carbocycles. The fourth-order valence-electron chi connectivity index (χ4n) is 5.88. The van der Waals surface area contributed by atoms with Crippen molar-refractivity contribution in [2.45, 2.75) is 45.4 Å². The van der Waals surface area contributed by atoms with Crippen molar-refractivity contribution in [2.75, 3.05) is 30.3 Å². The Morgan fingerprint density at radius 1 is 1.25 bits per heavy atom. The summed E-state index contributed by atoms with van der Waals surface area (Å²) in [6.45, 7) is 9.43. The summed E-state index contributed by atoms with van der Waals surface area (Å²) in [5.41, 5.74) is -0.144. The minimum Gasteiger partial charge on any atom is -0.508 e. The lowest BCUT2D eigenvalue weighted by atomic mass is 9.94. The molecule has 2 aliphatic heterocycles. The van der Waals surface area contributed by atoms with Gasteiger partial charge in [0.15, 0.2) is 17.5 Å². The van der Waals surface area contributed by atoms with Crippen molar-refractivity contribution in [2.24, 2.45) is 0 Å². The summed E-state index contributed by atoms with van der Waals surface area (Å²) >= 11 is 6.88. The Morgan fingerprint density at radius 3 is 2.66 bits per heavy atom. The molecule has 0 radical (unpaired) electrons. The Balaban J connectivity index is 1.78. The standard InChI is InChI=1S/C31H32ClF3N6O3/c1-5-21(44)40-13-17-7-9-38-30-23(31(36)41(17)12-15(40)3)29(39-27-14(2)6-8-37-28(27)16(4)42)24(32)22(26(30)35)19-10-18(43)11-20(33)25(19)34/h5-6,8,10-11,15-17,36,38-39,42-43H,1,7,9,12-13H2,2-4H3. The van der Waals surface area contributed by atoms with Crippen LogP contribution in [0.2, 0.25) is 5.02 Å². The highest BCUT2D eigenvalue weighted by Crippen LogP contribution is 2.48. The van der Waals surface area contributed by atoms with Crippen LogP contribution in [0.3, 0.4) is 0 Å². The number of nitrogens with zero attached hydrogens (tertiary/aromatic N) is 3. The molecule has 3 atom stereocenters. The number of aliphatic hydroxyl groups is 1. The first kappa shape index (κ1) is 31.1. The molecule has 9 nitrogen and oxygen atoms in total. The number of halogens is 4. The monoisotopic (exact) mass is 628 g/mol. The second-order valence-corrected chi connectivity index (χ2v) is 11.4. The first-order chi connectivity index (χ1) is 20.8. The van der Waals surface area contributed by atoms with Gasteiger partial charge in [0.05, 0.1) is 39.4 Å². The number of benzene rings is 2. The van der Waals surface area contributed by atoms with E-state index in [-0.39, 0.29) is 64.6 Å². The van der Waals surface area contributed by atoms with Gasteiger partial charge in [0.1, 0.15) is 11.6 Å². The summed E-state index contributed by atoms with van der Waals surface area (Å²) in [6.07, 6.45) is 2.13. The molecule has 3 unspecified atom stereocenters. The van der Waals surface area contributed by atoms with Gasteiger partial charge in [-0.1, -0.05) is 18.2 Å². The number of aliphatic hydroxyl groups excluding tert-OH is 1. The lowest BCUT2D eigenvalue weighted by Gasteiger charge is -2.47. The fraction of sp³-hybridized carbons (Fsp3) is 0.323. The zero-order valence-corrected chi connectivity index (χ0v) is 25.1. The van der Waals surface area contributed by atoms with Crippen LogP contribution < -0.4 is 10.6 Å². The van der Waals surface area contributed by atoms with Crippen LogP contribution in [0.5, 0.6) is 5.75 Å². The molecule has 0 spiro atoms. The molecule has 44 heavy (non-hydrogen) atoms. The molecule has 0 saturated carbocycles. The summed E-state index contributed by atoms with van der Waals surface area (Å²) in [7, 11) is 0. The quantitative estimate of drug-likeness (QED) is 0.224. The number of piperazine rings is 1. The maximum atomic E-state index is 16.6. The van der Waals surface area contributed by atoms with Crippen molar-refractivity contribution in [3.8, 4) is 16.9 Å². The van der Waals surface area contributed by atoms with Gasteiger partial charge >= 0.3 is 0 Å². The Kier molecular flexibility index (Phi) is 8.50. The van der Waals surface area contributed by atoms with Crippen LogP contribution in [-0.2, 0) is 4.79 Å². The van der Waals surface area contributed by atoms with Crippen LogP contribution in [0.1, 0.15) is 43.2 Å². The van der Waals surface area contributed by atoms with Gasteiger partial charge in [-0.25, -0.2) is 13.2 Å². The van der Waals surface area contributed by atoms with Gasteiger partial charge in [0, 0.05) is 55.1 Å². The predicted octanol–water partition coefficient (Wildman–Crippen LogP) is 5.86. The second-order valence-electron chi connectivity index (χ2n) is 11.0. The Bertz CT molecular complexity index is 1680. The van der Waals surface area contributed by atoms with Crippen molar-refractivity contribution >= 4 is 40.4 Å². The number of hydrogen-bond donors (Lipinski definition) is 5. The Labute approximate surface area is 257 Å². The van der Waals surface area contributed by atoms with E-state index in [1.807, 2.05) is 6.92 Å². The van der Waals surface area contributed by atoms with E-state index in [1.165, 1.54) is 19.2 Å². The zero-order chi connectivity index (χ0) is 32.0. The minimum atomic E-state index is -1.42. The number of aryl methyl sites for hydroxylation is 1. The van der Waals surface area contributed by atoms with Crippen LogP contribution in [0.25, 0.3) is 11.1 Å². The van der Waals surface area contributed by atoms with E-state index in [2.05, 4.69) is 22.2 Å². The van der Waals surface area contributed by atoms with E-state index in [1.54, 1.807) is 22.8 Å². The number of hydrogen-bond acceptors (Lipinski definition) is 7. The number of pyridine rings is 1. The molecule has 13 heteroatoms. The van der Waals surface area contributed by atoms with Gasteiger partial charge in [0.25, 0.3) is 0 Å². The molecule has 5 rings (SSSR count). The number of anilines is 3. The molecule has 5 N–H and O–H groups in total. The van der Waals surface area contributed by atoms with E-state index in [0.717, 1.165) is 6.07 Å². The molecule has 1 fully saturated rings. The fourth-order valence-corrected chi connectivity index (χ4v) is 6.20. The highest BCUT2D eigenvalue weighted by Gasteiger charge is 2.39.